The Labute approximate surface area is 384 Å². The maximum atomic E-state index is 12.9. The zero-order valence-electron chi connectivity index (χ0n) is 39.1. The summed E-state index contributed by atoms with van der Waals surface area (Å²) in [4.78, 5) is 27.4. The fraction of sp³-hybridized carbons (Fsp3) is 0.404. The lowest BCUT2D eigenvalue weighted by molar-refractivity contribution is -0.120. The van der Waals surface area contributed by atoms with Gasteiger partial charge in [0.15, 0.2) is 0 Å². The van der Waals surface area contributed by atoms with Crippen molar-refractivity contribution in [1.29, 1.82) is 0 Å². The first kappa shape index (κ1) is 47.0. The summed E-state index contributed by atoms with van der Waals surface area (Å²) in [6.07, 6.45) is 17.6. The second-order valence-corrected chi connectivity index (χ2v) is 17.6. The van der Waals surface area contributed by atoms with E-state index in [0.29, 0.717) is 40.1 Å². The highest BCUT2D eigenvalue weighted by Gasteiger charge is 2.27. The molecule has 7 aromatic rings. The van der Waals surface area contributed by atoms with E-state index in [1.54, 1.807) is 18.2 Å². The number of benzene rings is 5. The number of carbonyl (C=O) groups excluding carboxylic acids is 1. The van der Waals surface area contributed by atoms with Gasteiger partial charge in [0, 0.05) is 71.2 Å². The maximum Gasteiger partial charge on any atom is 0.368 e. The smallest absolute Gasteiger partial charge is 0.368 e. The fourth-order valence-corrected chi connectivity index (χ4v) is 9.42. The average Bonchev–Trinajstić information content (AvgIpc) is 3.32. The van der Waals surface area contributed by atoms with Gasteiger partial charge >= 0.3 is 17.1 Å². The molecule has 0 aliphatic carbocycles. The Hall–Kier alpha value is -6.02. The van der Waals surface area contributed by atoms with Crippen LogP contribution in [0.1, 0.15) is 134 Å². The van der Waals surface area contributed by atoms with Gasteiger partial charge in [-0.05, 0) is 67.6 Å². The van der Waals surface area contributed by atoms with Crippen molar-refractivity contribution in [2.75, 3.05) is 31.1 Å². The number of hydrogen-bond acceptors (Lipinski definition) is 5. The van der Waals surface area contributed by atoms with Crippen molar-refractivity contribution < 1.29 is 28.3 Å². The lowest BCUT2D eigenvalue weighted by Crippen LogP contribution is -2.31. The number of fused-ring (bicyclic) bond motifs is 4. The largest absolute Gasteiger partial charge is 0.478 e. The van der Waals surface area contributed by atoms with Gasteiger partial charge in [-0.15, -0.1) is 0 Å². The molecule has 0 radical (unpaired) electrons. The minimum Gasteiger partial charge on any atom is -0.478 e. The molecule has 340 valence electrons. The minimum atomic E-state index is -1.00. The molecule has 0 aliphatic rings. The van der Waals surface area contributed by atoms with Crippen molar-refractivity contribution in [3.63, 3.8) is 0 Å². The molecule has 0 saturated heterocycles. The zero-order chi connectivity index (χ0) is 45.5. The van der Waals surface area contributed by atoms with Crippen LogP contribution in [-0.4, -0.2) is 43.7 Å². The second-order valence-electron chi connectivity index (χ2n) is 17.6. The van der Waals surface area contributed by atoms with Gasteiger partial charge in [0.25, 0.3) is 6.47 Å². The predicted molar refractivity (Wildman–Crippen MR) is 269 cm³/mol. The van der Waals surface area contributed by atoms with E-state index < -0.39 is 5.97 Å². The molecule has 0 saturated carbocycles. The Morgan fingerprint density at radius 3 is 1.89 bits per heavy atom. The highest BCUT2D eigenvalue weighted by molar-refractivity contribution is 6.17. The Kier molecular flexibility index (Phi) is 16.8. The van der Waals surface area contributed by atoms with Crippen LogP contribution >= 0.6 is 0 Å². The summed E-state index contributed by atoms with van der Waals surface area (Å²) >= 11 is 0. The molecule has 5 aromatic carbocycles. The predicted octanol–water partition coefficient (Wildman–Crippen LogP) is 14.8. The van der Waals surface area contributed by atoms with E-state index in [2.05, 4.69) is 79.6 Å². The fourth-order valence-electron chi connectivity index (χ4n) is 9.42. The molecule has 65 heavy (non-hydrogen) atoms. The Morgan fingerprint density at radius 1 is 0.615 bits per heavy atom. The number of hydrogen-bond donors (Lipinski definition) is 1. The zero-order valence-corrected chi connectivity index (χ0v) is 39.1. The van der Waals surface area contributed by atoms with Gasteiger partial charge in [-0.1, -0.05) is 122 Å². The third-order valence-electron chi connectivity index (χ3n) is 12.9. The number of carboxylic acids is 1. The van der Waals surface area contributed by atoms with Crippen molar-refractivity contribution in [2.24, 2.45) is 0 Å². The van der Waals surface area contributed by atoms with Gasteiger partial charge in [0.1, 0.15) is 36.1 Å². The Bertz CT molecular complexity index is 2790. The van der Waals surface area contributed by atoms with Gasteiger partial charge in [0.2, 0.25) is 5.36 Å². The molecule has 0 amide bonds. The lowest BCUT2D eigenvalue weighted by atomic mass is 9.91. The topological polar surface area (TPSA) is 94.3 Å². The maximum absolute atomic E-state index is 12.9. The van der Waals surface area contributed by atoms with Crippen LogP contribution in [0.2, 0.25) is 0 Å². The summed E-state index contributed by atoms with van der Waals surface area (Å²) < 4.78 is 22.1. The van der Waals surface area contributed by atoms with Crippen LogP contribution in [-0.2, 0) is 4.79 Å². The van der Waals surface area contributed by atoms with E-state index in [1.807, 2.05) is 36.4 Å². The number of aromatic carboxylic acids is 1. The number of carbonyl (C=O) groups is 2. The number of para-hydroxylation sites is 1. The standard InChI is InChI=1S/C57H67N2O6/c1-5-9-13-21-33-58(32-20-12-8-4)41-29-31-47-52(37-41)65-54-39-53-48(38-49(54)56(47)45-26-18-19-27-50(45)63-40-60)55(43-24-16-17-25-44(43)57(61)62)46-30-28-42(36-51(46)64-53)59(34-22-14-10-6-2)35-23-15-11-7-3/h16-19,24-31,36-40H,5-15,20-23,32-35H2,1-4H3/q+1/p+1. The van der Waals surface area contributed by atoms with Crippen molar-refractivity contribution in [3.05, 3.63) is 108 Å². The number of anilines is 1. The third kappa shape index (κ3) is 11.1. The number of nitrogens with zero attached hydrogens (tertiary/aromatic N) is 2. The average molecular weight is 877 g/mol. The molecule has 0 spiro atoms. The summed E-state index contributed by atoms with van der Waals surface area (Å²) in [5.41, 5.74) is 6.85. The number of carboxylic acid groups (broad SMARTS) is 1. The SMILES string of the molecule is CCCCCCN(CCCCC)c1ccc2c(-c3ccccc3OC=O)c3cc4c(-c5ccccc5C(=O)O)c5ccc(=[N+](CCCCCC)CCCCCC)cc5[o+]c4cc3oc2c1. The first-order chi connectivity index (χ1) is 31.9. The normalized spacial score (nSPS) is 11.5. The molecule has 8 heteroatoms. The van der Waals surface area contributed by atoms with E-state index >= 15 is 0 Å². The highest BCUT2D eigenvalue weighted by atomic mass is 16.5. The van der Waals surface area contributed by atoms with E-state index in [9.17, 15) is 14.7 Å². The molecular formula is C57H68N2O6+2. The van der Waals surface area contributed by atoms with Crippen molar-refractivity contribution >= 4 is 62.0 Å². The van der Waals surface area contributed by atoms with Crippen LogP contribution in [0.5, 0.6) is 5.75 Å². The first-order valence-electron chi connectivity index (χ1n) is 24.5. The van der Waals surface area contributed by atoms with Gasteiger partial charge in [0.05, 0.1) is 22.4 Å². The molecule has 1 N–H and O–H groups in total. The van der Waals surface area contributed by atoms with Crippen LogP contribution in [0.25, 0.3) is 66.1 Å². The molecule has 2 aromatic heterocycles. The van der Waals surface area contributed by atoms with Crippen molar-refractivity contribution in [2.45, 2.75) is 124 Å². The summed E-state index contributed by atoms with van der Waals surface area (Å²) in [6.45, 7) is 13.3. The summed E-state index contributed by atoms with van der Waals surface area (Å²) in [6, 6.07) is 31.7. The van der Waals surface area contributed by atoms with E-state index in [1.165, 1.54) is 64.2 Å². The van der Waals surface area contributed by atoms with Gasteiger partial charge < -0.3 is 19.2 Å². The Morgan fingerprint density at radius 2 is 1.20 bits per heavy atom. The van der Waals surface area contributed by atoms with Gasteiger partial charge in [-0.25, -0.2) is 13.8 Å². The minimum absolute atomic E-state index is 0.206. The van der Waals surface area contributed by atoms with Crippen LogP contribution in [0, 0.1) is 0 Å². The Balaban J connectivity index is 1.53. The quantitative estimate of drug-likeness (QED) is 0.0201. The lowest BCUT2D eigenvalue weighted by Gasteiger charge is -2.25. The van der Waals surface area contributed by atoms with Gasteiger partial charge in [-0.3, -0.25) is 4.79 Å². The number of ether oxygens (including phenoxy) is 1. The summed E-state index contributed by atoms with van der Waals surface area (Å²) in [7, 11) is 0. The molecule has 0 unspecified atom stereocenters. The van der Waals surface area contributed by atoms with Crippen LogP contribution in [0.15, 0.2) is 106 Å². The van der Waals surface area contributed by atoms with E-state index in [0.717, 1.165) is 108 Å². The van der Waals surface area contributed by atoms with Crippen molar-refractivity contribution in [1.82, 2.24) is 4.58 Å². The third-order valence-corrected chi connectivity index (χ3v) is 12.9. The molecule has 0 atom stereocenters. The highest BCUT2D eigenvalue weighted by Crippen LogP contribution is 2.45. The van der Waals surface area contributed by atoms with E-state index in [4.69, 9.17) is 13.6 Å². The monoisotopic (exact) mass is 877 g/mol. The summed E-state index contributed by atoms with van der Waals surface area (Å²) in [5.74, 6) is -0.573. The molecular weight excluding hydrogens is 809 g/mol. The molecule has 2 heterocycles. The molecule has 0 fully saturated rings. The van der Waals surface area contributed by atoms with Crippen LogP contribution < -0.4 is 19.6 Å². The molecule has 8 nitrogen and oxygen atoms in total. The second kappa shape index (κ2) is 23.3. The molecule has 0 bridgehead atoms. The molecule has 0 aliphatic heterocycles. The van der Waals surface area contributed by atoms with Crippen LogP contribution in [0.3, 0.4) is 0 Å². The van der Waals surface area contributed by atoms with E-state index in [-0.39, 0.29) is 5.56 Å². The van der Waals surface area contributed by atoms with Crippen LogP contribution in [0.4, 0.5) is 5.69 Å². The van der Waals surface area contributed by atoms with Crippen molar-refractivity contribution in [3.8, 4) is 28.0 Å². The number of unbranched alkanes of at least 4 members (excludes halogenated alkanes) is 11. The number of rotatable bonds is 25. The van der Waals surface area contributed by atoms with Gasteiger partial charge in [-0.2, -0.15) is 0 Å². The molecule has 7 rings (SSSR count). The first-order valence-corrected chi connectivity index (χ1v) is 24.5. The summed E-state index contributed by atoms with van der Waals surface area (Å²) in [5, 5.41) is 14.9.